The topological polar surface area (TPSA) is 58.2 Å². The van der Waals surface area contributed by atoms with E-state index in [0.29, 0.717) is 0 Å². The summed E-state index contributed by atoms with van der Waals surface area (Å²) in [4.78, 5) is 24.9. The van der Waals surface area contributed by atoms with Crippen molar-refractivity contribution in [1.29, 1.82) is 0 Å². The van der Waals surface area contributed by atoms with Crippen molar-refractivity contribution < 1.29 is 57.9 Å². The molecule has 2 N–H and O–H groups in total. The van der Waals surface area contributed by atoms with Gasteiger partial charge in [0, 0.05) is 5.56 Å². The second kappa shape index (κ2) is 7.55. The van der Waals surface area contributed by atoms with E-state index in [-0.39, 0.29) is 18.2 Å². The number of hydrogen-bond acceptors (Lipinski definition) is 2. The van der Waals surface area contributed by atoms with E-state index < -0.39 is 98.0 Å². The van der Waals surface area contributed by atoms with Crippen molar-refractivity contribution in [2.75, 3.05) is 0 Å². The van der Waals surface area contributed by atoms with Crippen molar-refractivity contribution >= 4 is 23.2 Å². The van der Waals surface area contributed by atoms with Gasteiger partial charge < -0.3 is 10.6 Å². The molecule has 0 unspecified atom stereocenters. The fourth-order valence-electron chi connectivity index (χ4n) is 3.51. The molecule has 15 heteroatoms. The summed E-state index contributed by atoms with van der Waals surface area (Å²) in [7, 11) is 0. The van der Waals surface area contributed by atoms with E-state index in [0.717, 1.165) is 0 Å². The zero-order valence-corrected chi connectivity index (χ0v) is 16.2. The number of nitrogens with one attached hydrogen (secondary N) is 2. The zero-order chi connectivity index (χ0) is 26.2. The molecule has 4 rings (SSSR count). The maximum atomic E-state index is 14.2. The van der Waals surface area contributed by atoms with Crippen LogP contribution in [-0.4, -0.2) is 11.8 Å². The molecule has 2 aromatic rings. The molecule has 0 atom stereocenters. The summed E-state index contributed by atoms with van der Waals surface area (Å²) >= 11 is 0. The molecular weight excluding hydrogens is 509 g/mol. The number of alkyl halides is 6. The average molecular weight is 514 g/mol. The molecule has 0 bridgehead atoms. The minimum Gasteiger partial charge on any atom is -0.321 e. The number of hydrogen-bond donors (Lipinski definition) is 2. The van der Waals surface area contributed by atoms with Gasteiger partial charge in [-0.2, -0.15) is 26.3 Å². The summed E-state index contributed by atoms with van der Waals surface area (Å²) in [6, 6.07) is 0.117. The van der Waals surface area contributed by atoms with E-state index in [4.69, 9.17) is 0 Å². The summed E-state index contributed by atoms with van der Waals surface area (Å²) in [6.45, 7) is 0. The molecule has 2 heterocycles. The Morgan fingerprint density at radius 1 is 0.543 bits per heavy atom. The number of rotatable bonds is 2. The molecule has 2 aromatic carbocycles. The molecule has 0 radical (unpaired) electrons. The second-order valence-corrected chi connectivity index (χ2v) is 7.15. The van der Waals surface area contributed by atoms with E-state index in [1.54, 1.807) is 5.32 Å². The molecule has 0 saturated heterocycles. The third-order valence-electron chi connectivity index (χ3n) is 5.02. The van der Waals surface area contributed by atoms with Crippen molar-refractivity contribution in [1.82, 2.24) is 10.6 Å². The van der Waals surface area contributed by atoms with Gasteiger partial charge in [0.25, 0.3) is 11.8 Å². The fraction of sp³-hybridized carbons (Fsp3) is 0.100. The van der Waals surface area contributed by atoms with Gasteiger partial charge in [-0.3, -0.25) is 9.59 Å². The fourth-order valence-corrected chi connectivity index (χ4v) is 3.51. The Labute approximate surface area is 185 Å². The van der Waals surface area contributed by atoms with Crippen molar-refractivity contribution in [2.24, 2.45) is 0 Å². The maximum Gasteiger partial charge on any atom is 0.416 e. The predicted octanol–water partition coefficient (Wildman–Crippen LogP) is 4.80. The Bertz CT molecular complexity index is 1340. The van der Waals surface area contributed by atoms with Crippen LogP contribution in [-0.2, 0) is 21.9 Å². The minimum absolute atomic E-state index is 0.171. The second-order valence-electron chi connectivity index (χ2n) is 7.15. The highest BCUT2D eigenvalue weighted by Crippen LogP contribution is 2.42. The SMILES string of the molecule is O=C1NC(c2c(F)c(F)c(F)c(F)c2F)=C2C(=O)NC(c3cc(C(F)(F)F)cc(C(F)(F)F)c3)=C12. The highest BCUT2D eigenvalue weighted by Gasteiger charge is 2.45. The average Bonchev–Trinajstić information content (AvgIpc) is 3.28. The molecule has 35 heavy (non-hydrogen) atoms. The number of amides is 2. The first-order chi connectivity index (χ1) is 16.0. The van der Waals surface area contributed by atoms with Crippen LogP contribution in [0.5, 0.6) is 0 Å². The van der Waals surface area contributed by atoms with Crippen LogP contribution in [0.4, 0.5) is 48.3 Å². The standard InChI is InChI=1S/C20H5F11N2O2/c21-10-9(11(22)13(24)14(25)12(10)23)16-8-7(17(34)33-16)15(32-18(8)35)4-1-5(19(26,27)28)3-6(2-4)20(29,30)31/h1-3H,(H,32,35)(H,33,34). The van der Waals surface area contributed by atoms with Gasteiger partial charge in [0.1, 0.15) is 0 Å². The van der Waals surface area contributed by atoms with E-state index in [2.05, 4.69) is 0 Å². The number of fused-ring (bicyclic) bond motifs is 1. The predicted molar refractivity (Wildman–Crippen MR) is 92.8 cm³/mol. The van der Waals surface area contributed by atoms with Gasteiger partial charge in [0.2, 0.25) is 5.82 Å². The highest BCUT2D eigenvalue weighted by atomic mass is 19.4. The Balaban J connectivity index is 2.01. The molecule has 0 fully saturated rings. The number of carbonyl (C=O) groups is 2. The summed E-state index contributed by atoms with van der Waals surface area (Å²) in [6.07, 6.45) is -10.6. The van der Waals surface area contributed by atoms with Crippen LogP contribution in [0.25, 0.3) is 11.4 Å². The van der Waals surface area contributed by atoms with Crippen molar-refractivity contribution in [2.45, 2.75) is 12.4 Å². The quantitative estimate of drug-likeness (QED) is 0.344. The van der Waals surface area contributed by atoms with Crippen LogP contribution in [0.1, 0.15) is 22.3 Å². The van der Waals surface area contributed by atoms with Gasteiger partial charge in [0.05, 0.1) is 39.2 Å². The minimum atomic E-state index is -5.29. The Morgan fingerprint density at radius 3 is 1.34 bits per heavy atom. The Morgan fingerprint density at radius 2 is 0.914 bits per heavy atom. The number of halogens is 11. The van der Waals surface area contributed by atoms with Gasteiger partial charge in [-0.15, -0.1) is 0 Å². The lowest BCUT2D eigenvalue weighted by Gasteiger charge is -2.15. The molecule has 0 saturated carbocycles. The molecular formula is C20H5F11N2O2. The van der Waals surface area contributed by atoms with Gasteiger partial charge in [-0.1, -0.05) is 0 Å². The Kier molecular flexibility index (Phi) is 5.22. The van der Waals surface area contributed by atoms with Gasteiger partial charge in [-0.05, 0) is 18.2 Å². The summed E-state index contributed by atoms with van der Waals surface area (Å²) < 4.78 is 148. The zero-order valence-electron chi connectivity index (χ0n) is 16.2. The first-order valence-electron chi connectivity index (χ1n) is 8.97. The first kappa shape index (κ1) is 24.2. The molecule has 2 aliphatic rings. The van der Waals surface area contributed by atoms with Crippen LogP contribution >= 0.6 is 0 Å². The lowest BCUT2D eigenvalue weighted by molar-refractivity contribution is -0.143. The summed E-state index contributed by atoms with van der Waals surface area (Å²) in [5.41, 5.74) is -10.4. The third kappa shape index (κ3) is 3.70. The van der Waals surface area contributed by atoms with E-state index in [1.807, 2.05) is 5.32 Å². The maximum absolute atomic E-state index is 14.2. The van der Waals surface area contributed by atoms with Gasteiger partial charge >= 0.3 is 12.4 Å². The van der Waals surface area contributed by atoms with E-state index >= 15 is 0 Å². The molecule has 2 aliphatic heterocycles. The monoisotopic (exact) mass is 514 g/mol. The smallest absolute Gasteiger partial charge is 0.321 e. The Hall–Kier alpha value is -3.91. The summed E-state index contributed by atoms with van der Waals surface area (Å²) in [5.74, 6) is -15.2. The molecule has 2 amide bonds. The van der Waals surface area contributed by atoms with Crippen LogP contribution in [0.2, 0.25) is 0 Å². The van der Waals surface area contributed by atoms with Crippen LogP contribution < -0.4 is 10.6 Å². The lowest BCUT2D eigenvalue weighted by atomic mass is 9.98. The van der Waals surface area contributed by atoms with Crippen molar-refractivity contribution in [3.8, 4) is 0 Å². The van der Waals surface area contributed by atoms with Gasteiger partial charge in [-0.25, -0.2) is 22.0 Å². The van der Waals surface area contributed by atoms with Crippen LogP contribution in [0.15, 0.2) is 29.3 Å². The normalized spacial score (nSPS) is 16.2. The molecule has 0 aromatic heterocycles. The van der Waals surface area contributed by atoms with Crippen molar-refractivity contribution in [3.63, 3.8) is 0 Å². The molecule has 0 spiro atoms. The molecule has 4 nitrogen and oxygen atoms in total. The number of carbonyl (C=O) groups excluding carboxylic acids is 2. The molecule has 184 valence electrons. The molecule has 0 aliphatic carbocycles. The van der Waals surface area contributed by atoms with E-state index in [1.165, 1.54) is 0 Å². The van der Waals surface area contributed by atoms with E-state index in [9.17, 15) is 57.9 Å². The van der Waals surface area contributed by atoms with Crippen LogP contribution in [0.3, 0.4) is 0 Å². The van der Waals surface area contributed by atoms with Crippen LogP contribution in [0, 0.1) is 29.1 Å². The van der Waals surface area contributed by atoms with Crippen molar-refractivity contribution in [3.05, 3.63) is 80.7 Å². The first-order valence-corrected chi connectivity index (χ1v) is 8.97. The number of benzene rings is 2. The third-order valence-corrected chi connectivity index (χ3v) is 5.02. The highest BCUT2D eigenvalue weighted by molar-refractivity contribution is 6.30. The largest absolute Gasteiger partial charge is 0.416 e. The van der Waals surface area contributed by atoms with Gasteiger partial charge in [0.15, 0.2) is 23.3 Å². The lowest BCUT2D eigenvalue weighted by Crippen LogP contribution is -2.23. The summed E-state index contributed by atoms with van der Waals surface area (Å²) in [5, 5.41) is 3.51.